The number of fused-ring (bicyclic) bond motifs is 1. The first-order chi connectivity index (χ1) is 10.0. The van der Waals surface area contributed by atoms with Crippen LogP contribution in [0.2, 0.25) is 18.1 Å². The van der Waals surface area contributed by atoms with Crippen molar-refractivity contribution in [2.75, 3.05) is 0 Å². The van der Waals surface area contributed by atoms with Crippen molar-refractivity contribution < 1.29 is 23.5 Å². The fourth-order valence-electron chi connectivity index (χ4n) is 2.43. The fraction of sp³-hybridized carbons (Fsp3) is 0.875. The van der Waals surface area contributed by atoms with Gasteiger partial charge in [0.2, 0.25) is 0 Å². The summed E-state index contributed by atoms with van der Waals surface area (Å²) in [6.07, 6.45) is -0.193. The topological polar surface area (TPSA) is 65.1 Å². The smallest absolute Gasteiger partial charge is 0.308 e. The molecule has 2 aliphatic rings. The maximum atomic E-state index is 12.1. The Morgan fingerprint density at radius 3 is 2.45 bits per heavy atom. The average Bonchev–Trinajstić information content (AvgIpc) is 3.12. The molecular weight excluding hydrogens is 300 g/mol. The van der Waals surface area contributed by atoms with Crippen molar-refractivity contribution in [2.45, 2.75) is 89.5 Å². The lowest BCUT2D eigenvalue weighted by molar-refractivity contribution is -0.151. The van der Waals surface area contributed by atoms with Gasteiger partial charge in [0.15, 0.2) is 14.1 Å². The molecule has 2 rings (SSSR count). The van der Waals surface area contributed by atoms with Crippen molar-refractivity contribution in [3.05, 3.63) is 0 Å². The molecule has 2 saturated heterocycles. The van der Waals surface area contributed by atoms with E-state index in [1.54, 1.807) is 0 Å². The zero-order chi connectivity index (χ0) is 16.7. The molecule has 0 aromatic rings. The molecule has 2 aliphatic heterocycles. The number of esters is 1. The molecule has 0 amide bonds. The normalized spacial score (nSPS) is 33.9. The Morgan fingerprint density at radius 1 is 1.23 bits per heavy atom. The largest absolute Gasteiger partial charge is 0.463 e. The van der Waals surface area contributed by atoms with Gasteiger partial charge in [-0.2, -0.15) is 0 Å². The summed E-state index contributed by atoms with van der Waals surface area (Å²) in [5, 5.41) is 0.0356. The van der Waals surface area contributed by atoms with Gasteiger partial charge in [-0.15, -0.1) is 0 Å². The van der Waals surface area contributed by atoms with E-state index in [-0.39, 0.29) is 41.5 Å². The highest BCUT2D eigenvalue weighted by Gasteiger charge is 2.53. The first kappa shape index (κ1) is 17.6. The minimum absolute atomic E-state index is 0.0356. The number of cyclic esters (lactones) is 1. The highest BCUT2D eigenvalue weighted by atomic mass is 28.4. The number of epoxide rings is 1. The van der Waals surface area contributed by atoms with Crippen LogP contribution in [0.4, 0.5) is 0 Å². The summed E-state index contributed by atoms with van der Waals surface area (Å²) >= 11 is 0. The van der Waals surface area contributed by atoms with Gasteiger partial charge in [0.25, 0.3) is 0 Å². The Kier molecular flexibility index (Phi) is 4.85. The zero-order valence-corrected chi connectivity index (χ0v) is 15.5. The van der Waals surface area contributed by atoms with Crippen LogP contribution in [0.5, 0.6) is 0 Å². The van der Waals surface area contributed by atoms with Crippen molar-refractivity contribution in [2.24, 2.45) is 0 Å². The van der Waals surface area contributed by atoms with E-state index in [9.17, 15) is 9.59 Å². The predicted molar refractivity (Wildman–Crippen MR) is 85.1 cm³/mol. The van der Waals surface area contributed by atoms with E-state index < -0.39 is 14.4 Å². The van der Waals surface area contributed by atoms with Crippen LogP contribution >= 0.6 is 0 Å². The minimum Gasteiger partial charge on any atom is -0.463 e. The van der Waals surface area contributed by atoms with Crippen LogP contribution in [-0.2, 0) is 23.5 Å². The number of carbonyl (C=O) groups excluding carboxylic acids is 2. The summed E-state index contributed by atoms with van der Waals surface area (Å²) < 4.78 is 17.3. The van der Waals surface area contributed by atoms with E-state index in [0.717, 1.165) is 0 Å². The Hall–Kier alpha value is -0.723. The molecule has 0 bridgehead atoms. The summed E-state index contributed by atoms with van der Waals surface area (Å²) in [5.41, 5.74) is 0. The number of rotatable bonds is 2. The summed E-state index contributed by atoms with van der Waals surface area (Å²) in [5.74, 6) is -0.168. The van der Waals surface area contributed by atoms with E-state index in [4.69, 9.17) is 13.9 Å². The van der Waals surface area contributed by atoms with Gasteiger partial charge >= 0.3 is 5.97 Å². The van der Waals surface area contributed by atoms with Crippen LogP contribution in [0, 0.1) is 0 Å². The number of Topliss-reactive ketones (excluding diaryl/α,β-unsaturated/α-hetero) is 1. The number of hydrogen-bond acceptors (Lipinski definition) is 5. The lowest BCUT2D eigenvalue weighted by atomic mass is 10.0. The Labute approximate surface area is 133 Å². The van der Waals surface area contributed by atoms with Crippen molar-refractivity contribution in [1.82, 2.24) is 0 Å². The van der Waals surface area contributed by atoms with Crippen molar-refractivity contribution >= 4 is 20.1 Å². The molecule has 0 saturated carbocycles. The lowest BCUT2D eigenvalue weighted by Gasteiger charge is -2.39. The second kappa shape index (κ2) is 6.05. The molecule has 0 aliphatic carbocycles. The van der Waals surface area contributed by atoms with Gasteiger partial charge in [-0.1, -0.05) is 20.8 Å². The molecule has 0 radical (unpaired) electrons. The summed E-state index contributed by atoms with van der Waals surface area (Å²) in [7, 11) is -2.04. The second-order valence-corrected chi connectivity index (χ2v) is 12.7. The molecule has 2 fully saturated rings. The molecule has 4 atom stereocenters. The predicted octanol–water partition coefficient (Wildman–Crippen LogP) is 2.83. The molecule has 126 valence electrons. The first-order valence-electron chi connectivity index (χ1n) is 8.07. The van der Waals surface area contributed by atoms with Gasteiger partial charge in [-0.3, -0.25) is 9.59 Å². The highest BCUT2D eigenvalue weighted by molar-refractivity contribution is 6.74. The second-order valence-electron chi connectivity index (χ2n) is 7.95. The fourth-order valence-corrected chi connectivity index (χ4v) is 3.76. The van der Waals surface area contributed by atoms with Gasteiger partial charge in [-0.25, -0.2) is 0 Å². The van der Waals surface area contributed by atoms with Gasteiger partial charge < -0.3 is 13.9 Å². The molecule has 22 heavy (non-hydrogen) atoms. The Balaban J connectivity index is 2.14. The van der Waals surface area contributed by atoms with Gasteiger partial charge in [0, 0.05) is 6.42 Å². The van der Waals surface area contributed by atoms with E-state index in [2.05, 4.69) is 33.9 Å². The molecule has 2 heterocycles. The summed E-state index contributed by atoms with van der Waals surface area (Å²) in [6, 6.07) is 0. The molecule has 0 N–H and O–H groups in total. The molecule has 5 nitrogen and oxygen atoms in total. The van der Waals surface area contributed by atoms with Gasteiger partial charge in [0.05, 0.1) is 18.6 Å². The van der Waals surface area contributed by atoms with Crippen molar-refractivity contribution in [3.63, 3.8) is 0 Å². The minimum atomic E-state index is -2.04. The van der Waals surface area contributed by atoms with Crippen molar-refractivity contribution in [3.8, 4) is 0 Å². The lowest BCUT2D eigenvalue weighted by Crippen LogP contribution is -2.46. The third-order valence-corrected chi connectivity index (χ3v) is 9.46. The Morgan fingerprint density at radius 2 is 1.86 bits per heavy atom. The van der Waals surface area contributed by atoms with Gasteiger partial charge in [0.1, 0.15) is 12.2 Å². The molecule has 0 unspecified atom stereocenters. The van der Waals surface area contributed by atoms with Crippen LogP contribution in [0.15, 0.2) is 0 Å². The Bertz CT molecular complexity index is 454. The van der Waals surface area contributed by atoms with Gasteiger partial charge in [-0.05, 0) is 31.5 Å². The third-order valence-electron chi connectivity index (χ3n) is 4.96. The summed E-state index contributed by atoms with van der Waals surface area (Å²) in [4.78, 5) is 24.2. The van der Waals surface area contributed by atoms with E-state index in [0.29, 0.717) is 12.8 Å². The van der Waals surface area contributed by atoms with E-state index >= 15 is 0 Å². The SMILES string of the molecule is C[C@@H]1CCC(=O)[C@H]2O[C@H]2[C@@H](O[Si](C)(C)C(C)(C)C)CC(=O)O1. The van der Waals surface area contributed by atoms with E-state index in [1.807, 2.05) is 6.92 Å². The summed E-state index contributed by atoms with van der Waals surface area (Å²) in [6.45, 7) is 12.5. The first-order valence-corrected chi connectivity index (χ1v) is 11.0. The number of hydrogen-bond donors (Lipinski definition) is 0. The molecule has 6 heteroatoms. The van der Waals surface area contributed by atoms with Crippen LogP contribution in [0.1, 0.15) is 47.0 Å². The number of ether oxygens (including phenoxy) is 2. The van der Waals surface area contributed by atoms with Crippen LogP contribution in [0.25, 0.3) is 0 Å². The van der Waals surface area contributed by atoms with Crippen LogP contribution in [-0.4, -0.2) is 44.5 Å². The average molecular weight is 328 g/mol. The zero-order valence-electron chi connectivity index (χ0n) is 14.5. The highest BCUT2D eigenvalue weighted by Crippen LogP contribution is 2.41. The molecule has 0 aromatic heterocycles. The molecule has 0 aromatic carbocycles. The number of carbonyl (C=O) groups is 2. The van der Waals surface area contributed by atoms with Crippen LogP contribution in [0.3, 0.4) is 0 Å². The number of ketones is 1. The monoisotopic (exact) mass is 328 g/mol. The molecular formula is C16H28O5Si. The standard InChI is InChI=1S/C16H28O5Si/c1-10-7-8-11(17)14-15(20-14)12(9-13(18)19-10)21-22(5,6)16(2,3)4/h10,12,14-15H,7-9H2,1-6H3/t10-,12+,14-,15+/m1/s1. The molecule has 0 spiro atoms. The quantitative estimate of drug-likeness (QED) is 0.443. The van der Waals surface area contributed by atoms with Crippen molar-refractivity contribution in [1.29, 1.82) is 0 Å². The van der Waals surface area contributed by atoms with Crippen LogP contribution < -0.4 is 0 Å². The third kappa shape index (κ3) is 3.97. The maximum Gasteiger partial charge on any atom is 0.308 e. The maximum absolute atomic E-state index is 12.1. The van der Waals surface area contributed by atoms with E-state index in [1.165, 1.54) is 0 Å².